The van der Waals surface area contributed by atoms with Crippen LogP contribution in [0.1, 0.15) is 33.6 Å². The molecule has 0 saturated heterocycles. The van der Waals surface area contributed by atoms with Gasteiger partial charge in [0.25, 0.3) is 0 Å². The summed E-state index contributed by atoms with van der Waals surface area (Å²) in [4.78, 5) is 4.64. The molecule has 160 valence electrons. The second kappa shape index (κ2) is 16.2. The molecule has 0 radical (unpaired) electrons. The van der Waals surface area contributed by atoms with E-state index in [1.807, 2.05) is 45.0 Å². The van der Waals surface area contributed by atoms with E-state index >= 15 is 0 Å². The lowest BCUT2D eigenvalue weighted by Crippen LogP contribution is -2.32. The zero-order valence-corrected chi connectivity index (χ0v) is 17.8. The van der Waals surface area contributed by atoms with Crippen LogP contribution in [0.15, 0.2) is 29.3 Å². The highest BCUT2D eigenvalue weighted by Gasteiger charge is 2.02. The van der Waals surface area contributed by atoms with Gasteiger partial charge in [-0.1, -0.05) is 0 Å². The number of rotatable bonds is 15. The Morgan fingerprint density at radius 2 is 1.75 bits per heavy atom. The van der Waals surface area contributed by atoms with Crippen LogP contribution in [0, 0.1) is 0 Å². The minimum Gasteiger partial charge on any atom is -0.491 e. The third-order valence-electron chi connectivity index (χ3n) is 3.60. The summed E-state index contributed by atoms with van der Waals surface area (Å²) in [6.07, 6.45) is 1.95. The molecule has 7 nitrogen and oxygen atoms in total. The fourth-order valence-corrected chi connectivity index (χ4v) is 2.29. The Kier molecular flexibility index (Phi) is 14.0. The second-order valence-corrected chi connectivity index (χ2v) is 6.48. The lowest BCUT2D eigenvalue weighted by Gasteiger charge is -2.14. The maximum Gasteiger partial charge on any atom is 0.195 e. The van der Waals surface area contributed by atoms with Crippen molar-refractivity contribution in [2.45, 2.75) is 39.7 Å². The van der Waals surface area contributed by atoms with Crippen molar-refractivity contribution >= 4 is 11.6 Å². The standard InChI is InChI=1S/C21H37N3O4/c1-5-26-14-6-12-22-21(23-13-7-15-27-17-16-25-4)24-19-8-10-20(11-9-19)28-18(2)3/h8-11,18H,5-7,12-17H2,1-4H3,(H2,22,23,24). The minimum absolute atomic E-state index is 0.161. The van der Waals surface area contributed by atoms with Crippen LogP contribution in [0.2, 0.25) is 0 Å². The topological polar surface area (TPSA) is 73.3 Å². The Bertz CT molecular complexity index is 521. The summed E-state index contributed by atoms with van der Waals surface area (Å²) in [5.41, 5.74) is 0.962. The molecule has 0 aromatic heterocycles. The van der Waals surface area contributed by atoms with Gasteiger partial charge >= 0.3 is 0 Å². The van der Waals surface area contributed by atoms with Crippen molar-refractivity contribution in [2.24, 2.45) is 4.99 Å². The van der Waals surface area contributed by atoms with Gasteiger partial charge < -0.3 is 29.6 Å². The van der Waals surface area contributed by atoms with Crippen molar-refractivity contribution in [1.82, 2.24) is 5.32 Å². The molecule has 0 aliphatic rings. The quantitative estimate of drug-likeness (QED) is 0.270. The van der Waals surface area contributed by atoms with Gasteiger partial charge in [-0.3, -0.25) is 4.99 Å². The van der Waals surface area contributed by atoms with Gasteiger partial charge in [-0.05, 0) is 57.9 Å². The lowest BCUT2D eigenvalue weighted by molar-refractivity contribution is 0.0702. The van der Waals surface area contributed by atoms with Crippen molar-refractivity contribution in [2.75, 3.05) is 58.6 Å². The van der Waals surface area contributed by atoms with Crippen LogP contribution in [0.25, 0.3) is 0 Å². The third kappa shape index (κ3) is 12.5. The molecule has 0 amide bonds. The van der Waals surface area contributed by atoms with Gasteiger partial charge in [-0.2, -0.15) is 0 Å². The molecule has 0 aliphatic heterocycles. The van der Waals surface area contributed by atoms with E-state index in [0.717, 1.165) is 50.0 Å². The van der Waals surface area contributed by atoms with Crippen molar-refractivity contribution < 1.29 is 18.9 Å². The Balaban J connectivity index is 2.49. The molecule has 7 heteroatoms. The second-order valence-electron chi connectivity index (χ2n) is 6.48. The molecule has 1 aromatic carbocycles. The molecule has 0 fully saturated rings. The van der Waals surface area contributed by atoms with E-state index < -0.39 is 0 Å². The first kappa shape index (κ1) is 24.2. The molecule has 0 saturated carbocycles. The van der Waals surface area contributed by atoms with Crippen molar-refractivity contribution in [3.8, 4) is 5.75 Å². The van der Waals surface area contributed by atoms with E-state index in [1.165, 1.54) is 0 Å². The molecule has 0 atom stereocenters. The van der Waals surface area contributed by atoms with E-state index in [2.05, 4.69) is 15.6 Å². The van der Waals surface area contributed by atoms with Gasteiger partial charge in [0.1, 0.15) is 5.75 Å². The maximum atomic E-state index is 5.69. The van der Waals surface area contributed by atoms with E-state index in [9.17, 15) is 0 Å². The molecule has 28 heavy (non-hydrogen) atoms. The normalized spacial score (nSPS) is 11.7. The number of nitrogens with zero attached hydrogens (tertiary/aromatic N) is 1. The fraction of sp³-hybridized carbons (Fsp3) is 0.667. The maximum absolute atomic E-state index is 5.69. The molecule has 0 bridgehead atoms. The van der Waals surface area contributed by atoms with E-state index in [1.54, 1.807) is 7.11 Å². The lowest BCUT2D eigenvalue weighted by atomic mass is 10.3. The van der Waals surface area contributed by atoms with E-state index in [-0.39, 0.29) is 6.10 Å². The Morgan fingerprint density at radius 1 is 1.00 bits per heavy atom. The average molecular weight is 396 g/mol. The Hall–Kier alpha value is -1.83. The van der Waals surface area contributed by atoms with Gasteiger partial charge in [0.05, 0.1) is 19.3 Å². The SMILES string of the molecule is CCOCCCNC(=NCCCOCCOC)Nc1ccc(OC(C)C)cc1. The zero-order valence-electron chi connectivity index (χ0n) is 17.8. The average Bonchev–Trinajstić information content (AvgIpc) is 2.68. The summed E-state index contributed by atoms with van der Waals surface area (Å²) in [6, 6.07) is 7.89. The number of anilines is 1. The molecular formula is C21H37N3O4. The Labute approximate surface area is 169 Å². The number of ether oxygens (including phenoxy) is 4. The number of nitrogens with one attached hydrogen (secondary N) is 2. The smallest absolute Gasteiger partial charge is 0.195 e. The molecule has 1 rings (SSSR count). The summed E-state index contributed by atoms with van der Waals surface area (Å²) >= 11 is 0. The zero-order chi connectivity index (χ0) is 20.5. The van der Waals surface area contributed by atoms with Crippen molar-refractivity contribution in [1.29, 1.82) is 0 Å². The predicted molar refractivity (Wildman–Crippen MR) is 115 cm³/mol. The summed E-state index contributed by atoms with van der Waals surface area (Å²) < 4.78 is 21.5. The minimum atomic E-state index is 0.161. The number of hydrogen-bond donors (Lipinski definition) is 2. The van der Waals surface area contributed by atoms with Gasteiger partial charge in [0.15, 0.2) is 5.96 Å². The van der Waals surface area contributed by atoms with E-state index in [0.29, 0.717) is 26.4 Å². The first-order chi connectivity index (χ1) is 13.7. The molecule has 0 aliphatic carbocycles. The highest BCUT2D eigenvalue weighted by Crippen LogP contribution is 2.16. The van der Waals surface area contributed by atoms with E-state index in [4.69, 9.17) is 18.9 Å². The molecule has 0 unspecified atom stereocenters. The highest BCUT2D eigenvalue weighted by molar-refractivity contribution is 5.93. The number of aliphatic imine (C=N–C) groups is 1. The fourth-order valence-electron chi connectivity index (χ4n) is 2.29. The monoisotopic (exact) mass is 395 g/mol. The van der Waals surface area contributed by atoms with Gasteiger partial charge in [-0.15, -0.1) is 0 Å². The Morgan fingerprint density at radius 3 is 2.43 bits per heavy atom. The van der Waals surface area contributed by atoms with Crippen molar-refractivity contribution in [3.63, 3.8) is 0 Å². The first-order valence-electron chi connectivity index (χ1n) is 10.1. The van der Waals surface area contributed by atoms with Gasteiger partial charge in [0.2, 0.25) is 0 Å². The van der Waals surface area contributed by atoms with Crippen LogP contribution in [-0.2, 0) is 14.2 Å². The largest absolute Gasteiger partial charge is 0.491 e. The predicted octanol–water partition coefficient (Wildman–Crippen LogP) is 3.31. The van der Waals surface area contributed by atoms with Crippen LogP contribution in [0.3, 0.4) is 0 Å². The molecular weight excluding hydrogens is 358 g/mol. The third-order valence-corrected chi connectivity index (χ3v) is 3.60. The number of hydrogen-bond acceptors (Lipinski definition) is 5. The van der Waals surface area contributed by atoms with Crippen LogP contribution in [0.4, 0.5) is 5.69 Å². The summed E-state index contributed by atoms with van der Waals surface area (Å²) in [5.74, 6) is 1.61. The highest BCUT2D eigenvalue weighted by atomic mass is 16.5. The molecule has 0 heterocycles. The van der Waals surface area contributed by atoms with Crippen molar-refractivity contribution in [3.05, 3.63) is 24.3 Å². The molecule has 1 aromatic rings. The van der Waals surface area contributed by atoms with Gasteiger partial charge in [0, 0.05) is 45.7 Å². The van der Waals surface area contributed by atoms with Crippen LogP contribution in [0.5, 0.6) is 5.75 Å². The number of benzene rings is 1. The number of guanidine groups is 1. The van der Waals surface area contributed by atoms with Crippen LogP contribution < -0.4 is 15.4 Å². The summed E-state index contributed by atoms with van der Waals surface area (Å²) in [7, 11) is 1.67. The van der Waals surface area contributed by atoms with Crippen LogP contribution in [-0.4, -0.2) is 65.3 Å². The summed E-state index contributed by atoms with van der Waals surface area (Å²) in [5, 5.41) is 6.70. The first-order valence-corrected chi connectivity index (χ1v) is 10.1. The molecule has 2 N–H and O–H groups in total. The van der Waals surface area contributed by atoms with Crippen LogP contribution >= 0.6 is 0 Å². The van der Waals surface area contributed by atoms with Gasteiger partial charge in [-0.25, -0.2) is 0 Å². The molecule has 0 spiro atoms. The summed E-state index contributed by atoms with van der Waals surface area (Å²) in [6.45, 7) is 10.9. The number of methoxy groups -OCH3 is 1.